The van der Waals surface area contributed by atoms with Crippen molar-refractivity contribution >= 4 is 16.0 Å². The van der Waals surface area contributed by atoms with Crippen molar-refractivity contribution in [3.05, 3.63) is 64.7 Å². The smallest absolute Gasteiger partial charge is 0.337 e. The van der Waals surface area contributed by atoms with Gasteiger partial charge in [0.05, 0.1) is 17.6 Å². The Balaban J connectivity index is 2.09. The van der Waals surface area contributed by atoms with E-state index >= 15 is 0 Å². The molecule has 122 valence electrons. The highest BCUT2D eigenvalue weighted by Crippen LogP contribution is 2.15. The summed E-state index contributed by atoms with van der Waals surface area (Å²) >= 11 is 0. The molecule has 0 aromatic heterocycles. The Hall–Kier alpha value is -2.18. The summed E-state index contributed by atoms with van der Waals surface area (Å²) in [7, 11) is -2.26. The number of methoxy groups -OCH3 is 1. The van der Waals surface area contributed by atoms with Crippen molar-refractivity contribution in [3.63, 3.8) is 0 Å². The molecule has 0 aliphatic rings. The molecule has 0 amide bonds. The zero-order valence-electron chi connectivity index (χ0n) is 13.3. The van der Waals surface area contributed by atoms with E-state index in [4.69, 9.17) is 0 Å². The van der Waals surface area contributed by atoms with Crippen LogP contribution in [0.3, 0.4) is 0 Å². The van der Waals surface area contributed by atoms with Gasteiger partial charge in [0.25, 0.3) is 0 Å². The van der Waals surface area contributed by atoms with Crippen molar-refractivity contribution in [3.8, 4) is 0 Å². The molecule has 23 heavy (non-hydrogen) atoms. The number of sulfonamides is 1. The third kappa shape index (κ3) is 4.18. The topological polar surface area (TPSA) is 72.5 Å². The van der Waals surface area contributed by atoms with Crippen molar-refractivity contribution in [2.45, 2.75) is 25.3 Å². The fourth-order valence-corrected chi connectivity index (χ4v) is 3.12. The number of carbonyl (C=O) groups is 1. The Labute approximate surface area is 136 Å². The fourth-order valence-electron chi connectivity index (χ4n) is 2.02. The number of carbonyl (C=O) groups excluding carboxylic acids is 1. The molecule has 5 nitrogen and oxygen atoms in total. The lowest BCUT2D eigenvalue weighted by molar-refractivity contribution is 0.0600. The van der Waals surface area contributed by atoms with Gasteiger partial charge in [0.1, 0.15) is 0 Å². The summed E-state index contributed by atoms with van der Waals surface area (Å²) in [5.74, 6) is -0.424. The maximum absolute atomic E-state index is 12.3. The average Bonchev–Trinajstić information content (AvgIpc) is 2.55. The van der Waals surface area contributed by atoms with Crippen LogP contribution in [0.25, 0.3) is 0 Å². The average molecular weight is 333 g/mol. The summed E-state index contributed by atoms with van der Waals surface area (Å²) in [6.07, 6.45) is 0. The summed E-state index contributed by atoms with van der Waals surface area (Å²) in [6, 6.07) is 11.6. The third-order valence-corrected chi connectivity index (χ3v) is 5.03. The second-order valence-corrected chi connectivity index (χ2v) is 7.03. The summed E-state index contributed by atoms with van der Waals surface area (Å²) in [5, 5.41) is 0. The van der Waals surface area contributed by atoms with Crippen molar-refractivity contribution in [1.82, 2.24) is 4.72 Å². The number of esters is 1. The van der Waals surface area contributed by atoms with Gasteiger partial charge in [0.2, 0.25) is 10.0 Å². The first kappa shape index (κ1) is 17.2. The molecule has 2 aromatic rings. The zero-order valence-corrected chi connectivity index (χ0v) is 14.1. The fraction of sp³-hybridized carbons (Fsp3) is 0.235. The number of rotatable bonds is 5. The molecule has 0 aliphatic heterocycles. The van der Waals surface area contributed by atoms with E-state index in [2.05, 4.69) is 9.46 Å². The summed E-state index contributed by atoms with van der Waals surface area (Å²) in [4.78, 5) is 11.6. The highest BCUT2D eigenvalue weighted by Gasteiger charge is 2.14. The lowest BCUT2D eigenvalue weighted by Crippen LogP contribution is -2.23. The molecule has 0 radical (unpaired) electrons. The monoisotopic (exact) mass is 333 g/mol. The summed E-state index contributed by atoms with van der Waals surface area (Å²) in [5.41, 5.74) is 3.15. The van der Waals surface area contributed by atoms with Crippen LogP contribution in [-0.2, 0) is 21.3 Å². The van der Waals surface area contributed by atoms with Crippen molar-refractivity contribution in [1.29, 1.82) is 0 Å². The molecule has 0 saturated carbocycles. The van der Waals surface area contributed by atoms with Gasteiger partial charge in [-0.2, -0.15) is 0 Å². The van der Waals surface area contributed by atoms with E-state index in [-0.39, 0.29) is 11.4 Å². The molecule has 0 atom stereocenters. The highest BCUT2D eigenvalue weighted by atomic mass is 32.2. The van der Waals surface area contributed by atoms with Gasteiger partial charge >= 0.3 is 5.97 Å². The lowest BCUT2D eigenvalue weighted by Gasteiger charge is -2.09. The number of benzene rings is 2. The van der Waals surface area contributed by atoms with Gasteiger partial charge in [0.15, 0.2) is 0 Å². The van der Waals surface area contributed by atoms with E-state index in [0.717, 1.165) is 16.7 Å². The Morgan fingerprint density at radius 2 is 1.70 bits per heavy atom. The molecule has 0 saturated heterocycles. The van der Waals surface area contributed by atoms with Crippen LogP contribution >= 0.6 is 0 Å². The number of aryl methyl sites for hydroxylation is 2. The molecular weight excluding hydrogens is 314 g/mol. The molecule has 0 bridgehead atoms. The van der Waals surface area contributed by atoms with E-state index in [1.807, 2.05) is 13.8 Å². The SMILES string of the molecule is COC(=O)c1ccc(CNS(=O)(=O)c2ccc(C)c(C)c2)cc1. The van der Waals surface area contributed by atoms with Gasteiger partial charge in [0, 0.05) is 6.54 Å². The van der Waals surface area contributed by atoms with Crippen LogP contribution in [-0.4, -0.2) is 21.5 Å². The van der Waals surface area contributed by atoms with E-state index in [1.165, 1.54) is 7.11 Å². The van der Waals surface area contributed by atoms with Crippen LogP contribution in [0.1, 0.15) is 27.0 Å². The maximum Gasteiger partial charge on any atom is 0.337 e. The van der Waals surface area contributed by atoms with Gasteiger partial charge in [-0.1, -0.05) is 18.2 Å². The number of ether oxygens (including phenoxy) is 1. The van der Waals surface area contributed by atoms with Gasteiger partial charge in [-0.3, -0.25) is 0 Å². The van der Waals surface area contributed by atoms with Crippen LogP contribution in [0.4, 0.5) is 0 Å². The molecule has 0 fully saturated rings. The first-order valence-corrected chi connectivity index (χ1v) is 8.56. The first-order valence-electron chi connectivity index (χ1n) is 7.07. The van der Waals surface area contributed by atoms with E-state index in [0.29, 0.717) is 5.56 Å². The maximum atomic E-state index is 12.3. The number of hydrogen-bond acceptors (Lipinski definition) is 4. The van der Waals surface area contributed by atoms with Crippen molar-refractivity contribution in [2.24, 2.45) is 0 Å². The number of hydrogen-bond donors (Lipinski definition) is 1. The van der Waals surface area contributed by atoms with E-state index in [9.17, 15) is 13.2 Å². The molecule has 0 spiro atoms. The Morgan fingerprint density at radius 3 is 2.26 bits per heavy atom. The normalized spacial score (nSPS) is 11.3. The predicted molar refractivity (Wildman–Crippen MR) is 87.7 cm³/mol. The van der Waals surface area contributed by atoms with Crippen molar-refractivity contribution < 1.29 is 17.9 Å². The summed E-state index contributed by atoms with van der Waals surface area (Å²) in [6.45, 7) is 3.96. The molecular formula is C17H19NO4S. The minimum atomic E-state index is -3.57. The second-order valence-electron chi connectivity index (χ2n) is 5.26. The molecule has 0 unspecified atom stereocenters. The van der Waals surface area contributed by atoms with Crippen LogP contribution < -0.4 is 4.72 Å². The Morgan fingerprint density at radius 1 is 1.04 bits per heavy atom. The van der Waals surface area contributed by atoms with Crippen LogP contribution in [0.2, 0.25) is 0 Å². The molecule has 1 N–H and O–H groups in total. The minimum absolute atomic E-state index is 0.150. The summed E-state index contributed by atoms with van der Waals surface area (Å²) < 4.78 is 31.8. The third-order valence-electron chi connectivity index (χ3n) is 3.63. The van der Waals surface area contributed by atoms with Crippen LogP contribution in [0.5, 0.6) is 0 Å². The van der Waals surface area contributed by atoms with E-state index < -0.39 is 16.0 Å². The van der Waals surface area contributed by atoms with Gasteiger partial charge < -0.3 is 4.74 Å². The molecule has 0 aliphatic carbocycles. The highest BCUT2D eigenvalue weighted by molar-refractivity contribution is 7.89. The predicted octanol–water partition coefficient (Wildman–Crippen LogP) is 2.57. The first-order chi connectivity index (χ1) is 10.8. The van der Waals surface area contributed by atoms with E-state index in [1.54, 1.807) is 42.5 Å². The Kier molecular flexibility index (Phi) is 5.18. The molecule has 0 heterocycles. The number of nitrogens with one attached hydrogen (secondary N) is 1. The van der Waals surface area contributed by atoms with Crippen LogP contribution in [0.15, 0.2) is 47.4 Å². The van der Waals surface area contributed by atoms with Gasteiger partial charge in [-0.25, -0.2) is 17.9 Å². The standard InChI is InChI=1S/C17H19NO4S/c1-12-4-9-16(10-13(12)2)23(20,21)18-11-14-5-7-15(8-6-14)17(19)22-3/h4-10,18H,11H2,1-3H3. The second kappa shape index (κ2) is 6.93. The van der Waals surface area contributed by atoms with Crippen LogP contribution in [0, 0.1) is 13.8 Å². The minimum Gasteiger partial charge on any atom is -0.465 e. The molecule has 2 aromatic carbocycles. The molecule has 6 heteroatoms. The zero-order chi connectivity index (χ0) is 17.0. The largest absolute Gasteiger partial charge is 0.465 e. The lowest BCUT2D eigenvalue weighted by atomic mass is 10.1. The van der Waals surface area contributed by atoms with Crippen molar-refractivity contribution in [2.75, 3.05) is 7.11 Å². The quantitative estimate of drug-likeness (QED) is 0.854. The van der Waals surface area contributed by atoms with Gasteiger partial charge in [-0.05, 0) is 54.8 Å². The molecule has 2 rings (SSSR count). The Bertz CT molecular complexity index is 811. The van der Waals surface area contributed by atoms with Gasteiger partial charge in [-0.15, -0.1) is 0 Å².